The first kappa shape index (κ1) is 12.2. The fourth-order valence-corrected chi connectivity index (χ4v) is 1.40. The molecule has 0 radical (unpaired) electrons. The van der Waals surface area contributed by atoms with Gasteiger partial charge in [-0.05, 0) is 12.1 Å². The highest BCUT2D eigenvalue weighted by molar-refractivity contribution is 5.80. The number of benzene rings is 1. The normalized spacial score (nSPS) is 11.5. The lowest BCUT2D eigenvalue weighted by molar-refractivity contribution is -0.199. The Kier molecular flexibility index (Phi) is 2.82. The third-order valence-electron chi connectivity index (χ3n) is 2.18. The highest BCUT2D eigenvalue weighted by Gasteiger charge is 2.42. The van der Waals surface area contributed by atoms with E-state index in [0.29, 0.717) is 4.73 Å². The number of aromatic nitrogens is 1. The van der Waals surface area contributed by atoms with Gasteiger partial charge >= 0.3 is 12.1 Å². The van der Waals surface area contributed by atoms with Crippen molar-refractivity contribution in [1.29, 1.82) is 0 Å². The number of alkyl halides is 3. The molecule has 2 rings (SSSR count). The van der Waals surface area contributed by atoms with E-state index in [2.05, 4.69) is 4.84 Å². The number of halogens is 3. The Morgan fingerprint density at radius 2 is 1.83 bits per heavy atom. The largest absolute Gasteiger partial charge is 0.493 e. The summed E-state index contributed by atoms with van der Waals surface area (Å²) in [6.45, 7) is 0. The minimum absolute atomic E-state index is 0.0857. The van der Waals surface area contributed by atoms with Gasteiger partial charge in [0.15, 0.2) is 5.43 Å². The maximum Gasteiger partial charge on any atom is 0.493 e. The number of carbonyl (C=O) groups excluding carboxylic acids is 1. The predicted octanol–water partition coefficient (Wildman–Crippen LogP) is 1.52. The Morgan fingerprint density at radius 1 is 1.17 bits per heavy atom. The molecule has 0 saturated carbocycles. The van der Waals surface area contributed by atoms with E-state index in [1.807, 2.05) is 0 Å². The third-order valence-corrected chi connectivity index (χ3v) is 2.18. The first-order valence-electron chi connectivity index (χ1n) is 4.79. The summed E-state index contributed by atoms with van der Waals surface area (Å²) < 4.78 is 36.8. The summed E-state index contributed by atoms with van der Waals surface area (Å²) in [5.74, 6) is -2.35. The molecule has 4 nitrogen and oxygen atoms in total. The molecule has 0 atom stereocenters. The molecule has 0 amide bonds. The van der Waals surface area contributed by atoms with E-state index >= 15 is 0 Å². The second-order valence-corrected chi connectivity index (χ2v) is 3.40. The summed E-state index contributed by atoms with van der Waals surface area (Å²) in [5, 5.41) is 0.162. The molecule has 0 saturated heterocycles. The number of nitrogens with zero attached hydrogens (tertiary/aromatic N) is 1. The Bertz CT molecular complexity index is 660. The van der Waals surface area contributed by atoms with Crippen LogP contribution in [0.5, 0.6) is 0 Å². The van der Waals surface area contributed by atoms with Crippen LogP contribution in [0.3, 0.4) is 0 Å². The van der Waals surface area contributed by atoms with E-state index in [0.717, 1.165) is 12.3 Å². The molecular weight excluding hydrogens is 251 g/mol. The molecule has 0 spiro atoms. The van der Waals surface area contributed by atoms with Crippen molar-refractivity contribution in [1.82, 2.24) is 4.73 Å². The zero-order valence-electron chi connectivity index (χ0n) is 8.77. The number of pyridine rings is 1. The molecule has 0 aliphatic heterocycles. The van der Waals surface area contributed by atoms with E-state index in [4.69, 9.17) is 0 Å². The van der Waals surface area contributed by atoms with E-state index in [1.165, 1.54) is 18.2 Å². The summed E-state index contributed by atoms with van der Waals surface area (Å²) in [4.78, 5) is 26.3. The van der Waals surface area contributed by atoms with Gasteiger partial charge in [-0.1, -0.05) is 12.1 Å². The summed E-state index contributed by atoms with van der Waals surface area (Å²) in [5.41, 5.74) is -0.285. The fraction of sp³-hybridized carbons (Fsp3) is 0.0909. The molecular formula is C11H6F3NO3. The van der Waals surface area contributed by atoms with Crippen molar-refractivity contribution in [2.24, 2.45) is 0 Å². The third kappa shape index (κ3) is 2.20. The number of hydrogen-bond acceptors (Lipinski definition) is 3. The van der Waals surface area contributed by atoms with Crippen molar-refractivity contribution >= 4 is 16.9 Å². The van der Waals surface area contributed by atoms with Crippen molar-refractivity contribution < 1.29 is 22.8 Å². The average Bonchev–Trinajstić information content (AvgIpc) is 2.32. The van der Waals surface area contributed by atoms with Gasteiger partial charge in [0.2, 0.25) is 0 Å². The van der Waals surface area contributed by atoms with Crippen molar-refractivity contribution in [2.45, 2.75) is 6.18 Å². The van der Waals surface area contributed by atoms with Gasteiger partial charge in [0.25, 0.3) is 0 Å². The molecule has 0 bridgehead atoms. The van der Waals surface area contributed by atoms with Crippen LogP contribution in [0, 0.1) is 0 Å². The first-order chi connectivity index (χ1) is 8.39. The predicted molar refractivity (Wildman–Crippen MR) is 55.9 cm³/mol. The highest BCUT2D eigenvalue weighted by atomic mass is 19.4. The number of fused-ring (bicyclic) bond motifs is 1. The monoisotopic (exact) mass is 257 g/mol. The maximum atomic E-state index is 12.1. The average molecular weight is 257 g/mol. The Labute approximate surface area is 98.2 Å². The van der Waals surface area contributed by atoms with Crippen LogP contribution in [-0.4, -0.2) is 16.9 Å². The van der Waals surface area contributed by atoms with Crippen LogP contribution >= 0.6 is 0 Å². The molecule has 1 aromatic heterocycles. The van der Waals surface area contributed by atoms with Crippen LogP contribution in [0.2, 0.25) is 0 Å². The molecule has 94 valence electrons. The molecule has 2 aromatic rings. The van der Waals surface area contributed by atoms with Crippen LogP contribution < -0.4 is 10.3 Å². The van der Waals surface area contributed by atoms with Crippen molar-refractivity contribution in [3.63, 3.8) is 0 Å². The molecule has 0 aliphatic carbocycles. The topological polar surface area (TPSA) is 48.3 Å². The Morgan fingerprint density at radius 3 is 2.50 bits per heavy atom. The van der Waals surface area contributed by atoms with Gasteiger partial charge in [0.1, 0.15) is 0 Å². The van der Waals surface area contributed by atoms with Gasteiger partial charge in [-0.25, -0.2) is 4.79 Å². The lowest BCUT2D eigenvalue weighted by Crippen LogP contribution is -2.33. The summed E-state index contributed by atoms with van der Waals surface area (Å²) in [6, 6.07) is 6.89. The number of carbonyl (C=O) groups is 1. The summed E-state index contributed by atoms with van der Waals surface area (Å²) >= 11 is 0. The number of para-hydroxylation sites is 1. The quantitative estimate of drug-likeness (QED) is 0.778. The SMILES string of the molecule is O=C(On1ccc(=O)c2ccccc21)C(F)(F)F. The van der Waals surface area contributed by atoms with E-state index in [9.17, 15) is 22.8 Å². The molecule has 7 heteroatoms. The molecule has 0 N–H and O–H groups in total. The second-order valence-electron chi connectivity index (χ2n) is 3.40. The highest BCUT2D eigenvalue weighted by Crippen LogP contribution is 2.16. The fourth-order valence-electron chi connectivity index (χ4n) is 1.40. The van der Waals surface area contributed by atoms with Gasteiger partial charge in [-0.3, -0.25) is 4.79 Å². The van der Waals surface area contributed by atoms with E-state index < -0.39 is 12.1 Å². The molecule has 0 fully saturated rings. The van der Waals surface area contributed by atoms with Crippen molar-refractivity contribution in [3.8, 4) is 0 Å². The van der Waals surface area contributed by atoms with Gasteiger partial charge in [-0.15, -0.1) is 0 Å². The molecule has 18 heavy (non-hydrogen) atoms. The molecule has 1 aromatic carbocycles. The second kappa shape index (κ2) is 4.17. The Balaban J connectivity index is 2.50. The lowest BCUT2D eigenvalue weighted by atomic mass is 10.2. The van der Waals surface area contributed by atoms with Crippen molar-refractivity contribution in [3.05, 3.63) is 46.8 Å². The molecule has 0 aliphatic rings. The van der Waals surface area contributed by atoms with Crippen LogP contribution in [-0.2, 0) is 4.79 Å². The van der Waals surface area contributed by atoms with Gasteiger partial charge in [0, 0.05) is 17.6 Å². The zero-order valence-corrected chi connectivity index (χ0v) is 8.77. The lowest BCUT2D eigenvalue weighted by Gasteiger charge is -2.11. The maximum absolute atomic E-state index is 12.1. The van der Waals surface area contributed by atoms with Crippen LogP contribution in [0.25, 0.3) is 10.9 Å². The van der Waals surface area contributed by atoms with Crippen LogP contribution in [0.4, 0.5) is 13.2 Å². The van der Waals surface area contributed by atoms with Gasteiger partial charge < -0.3 is 4.84 Å². The van der Waals surface area contributed by atoms with E-state index in [1.54, 1.807) is 6.07 Å². The van der Waals surface area contributed by atoms with Gasteiger partial charge in [-0.2, -0.15) is 17.9 Å². The van der Waals surface area contributed by atoms with Crippen LogP contribution in [0.1, 0.15) is 0 Å². The summed E-state index contributed by atoms with van der Waals surface area (Å²) in [7, 11) is 0. The minimum Gasteiger partial charge on any atom is -0.328 e. The number of rotatable bonds is 1. The van der Waals surface area contributed by atoms with Gasteiger partial charge in [0.05, 0.1) is 5.52 Å². The zero-order chi connectivity index (χ0) is 13.3. The minimum atomic E-state index is -5.09. The molecule has 0 unspecified atom stereocenters. The first-order valence-corrected chi connectivity index (χ1v) is 4.79. The Hall–Kier alpha value is -2.31. The molecule has 1 heterocycles. The van der Waals surface area contributed by atoms with Crippen LogP contribution in [0.15, 0.2) is 41.3 Å². The smallest absolute Gasteiger partial charge is 0.328 e. The number of hydrogen-bond donors (Lipinski definition) is 0. The van der Waals surface area contributed by atoms with E-state index in [-0.39, 0.29) is 16.3 Å². The standard InChI is InChI=1S/C11H6F3NO3/c12-11(13,14)10(17)18-15-6-5-9(16)7-3-1-2-4-8(7)15/h1-6H. The van der Waals surface area contributed by atoms with Crippen molar-refractivity contribution in [2.75, 3.05) is 0 Å². The summed E-state index contributed by atoms with van der Waals surface area (Å²) in [6.07, 6.45) is -4.13.